The third-order valence-electron chi connectivity index (χ3n) is 2.25. The summed E-state index contributed by atoms with van der Waals surface area (Å²) in [5.41, 5.74) is -1.73. The van der Waals surface area contributed by atoms with Crippen LogP contribution in [-0.2, 0) is 6.18 Å². The van der Waals surface area contributed by atoms with Gasteiger partial charge in [0.1, 0.15) is 5.69 Å². The van der Waals surface area contributed by atoms with Crippen LogP contribution in [-0.4, -0.2) is 14.7 Å². The molecule has 0 aliphatic heterocycles. The molecular weight excluding hydrogens is 275 g/mol. The highest BCUT2D eigenvalue weighted by Gasteiger charge is 2.33. The number of alkyl halides is 3. The summed E-state index contributed by atoms with van der Waals surface area (Å²) in [6.45, 7) is 4.00. The van der Waals surface area contributed by atoms with Gasteiger partial charge in [-0.1, -0.05) is 13.8 Å². The third-order valence-corrected chi connectivity index (χ3v) is 2.25. The van der Waals surface area contributed by atoms with E-state index in [0.29, 0.717) is 6.07 Å². The number of halogens is 3. The maximum absolute atomic E-state index is 12.5. The van der Waals surface area contributed by atoms with Gasteiger partial charge in [0.2, 0.25) is 0 Å². The second-order valence-corrected chi connectivity index (χ2v) is 3.41. The van der Waals surface area contributed by atoms with Crippen molar-refractivity contribution in [3.8, 4) is 5.69 Å². The average Bonchev–Trinajstić information content (AvgIpc) is 2.93. The fraction of sp³-hybridized carbons (Fsp3) is 0.250. The predicted octanol–water partition coefficient (Wildman–Crippen LogP) is 3.83. The zero-order valence-corrected chi connectivity index (χ0v) is 10.8. The van der Waals surface area contributed by atoms with Gasteiger partial charge < -0.3 is 0 Å². The minimum Gasteiger partial charge on any atom is -0.258 e. The van der Waals surface area contributed by atoms with Gasteiger partial charge in [-0.3, -0.25) is 10.1 Å². The van der Waals surface area contributed by atoms with Crippen molar-refractivity contribution in [3.05, 3.63) is 52.3 Å². The van der Waals surface area contributed by atoms with E-state index in [1.54, 1.807) is 0 Å². The molecule has 1 aromatic carbocycles. The maximum atomic E-state index is 12.5. The van der Waals surface area contributed by atoms with E-state index in [-0.39, 0.29) is 5.69 Å². The molecule has 108 valence electrons. The second kappa shape index (κ2) is 6.18. The van der Waals surface area contributed by atoms with Crippen molar-refractivity contribution >= 4 is 5.69 Å². The summed E-state index contributed by atoms with van der Waals surface area (Å²) in [5, 5.41) is 14.5. The molecule has 0 bridgehead atoms. The molecule has 5 nitrogen and oxygen atoms in total. The molecule has 2 aromatic rings. The third kappa shape index (κ3) is 3.34. The molecular formula is C12H12F3N3O2. The Balaban J connectivity index is 0.000000956. The molecule has 0 aliphatic carbocycles. The molecule has 0 saturated heterocycles. The fourth-order valence-electron chi connectivity index (χ4n) is 1.45. The normalized spacial score (nSPS) is 10.7. The Bertz CT molecular complexity index is 580. The first-order valence-electron chi connectivity index (χ1n) is 5.75. The molecule has 1 aromatic heterocycles. The van der Waals surface area contributed by atoms with Gasteiger partial charge in [-0.25, -0.2) is 4.68 Å². The number of benzene rings is 1. The van der Waals surface area contributed by atoms with Gasteiger partial charge in [0, 0.05) is 18.5 Å². The van der Waals surface area contributed by atoms with Crippen LogP contribution in [0.1, 0.15) is 19.4 Å². The van der Waals surface area contributed by atoms with Crippen LogP contribution in [0.4, 0.5) is 18.9 Å². The predicted molar refractivity (Wildman–Crippen MR) is 66.6 cm³/mol. The summed E-state index contributed by atoms with van der Waals surface area (Å²) in [7, 11) is 0. The van der Waals surface area contributed by atoms with Crippen molar-refractivity contribution < 1.29 is 18.1 Å². The second-order valence-electron chi connectivity index (χ2n) is 3.41. The fourth-order valence-corrected chi connectivity index (χ4v) is 1.45. The summed E-state index contributed by atoms with van der Waals surface area (Å²) in [6.07, 6.45) is -1.83. The summed E-state index contributed by atoms with van der Waals surface area (Å²) in [5.74, 6) is 0. The van der Waals surface area contributed by atoms with Gasteiger partial charge in [0.15, 0.2) is 0 Å². The Kier molecular flexibility index (Phi) is 4.84. The number of nitro groups is 1. The first-order valence-corrected chi connectivity index (χ1v) is 5.75. The lowest BCUT2D eigenvalue weighted by atomic mass is 10.1. The van der Waals surface area contributed by atoms with Crippen LogP contribution in [0.3, 0.4) is 0 Å². The van der Waals surface area contributed by atoms with Gasteiger partial charge in [-0.05, 0) is 18.2 Å². The Labute approximate surface area is 112 Å². The Morgan fingerprint density at radius 3 is 2.40 bits per heavy atom. The van der Waals surface area contributed by atoms with Crippen LogP contribution in [0.25, 0.3) is 5.69 Å². The quantitative estimate of drug-likeness (QED) is 0.623. The van der Waals surface area contributed by atoms with Crippen LogP contribution in [0, 0.1) is 10.1 Å². The highest BCUT2D eigenvalue weighted by Crippen LogP contribution is 2.33. The molecule has 0 atom stereocenters. The van der Waals surface area contributed by atoms with Crippen LogP contribution < -0.4 is 0 Å². The van der Waals surface area contributed by atoms with Crippen molar-refractivity contribution in [3.63, 3.8) is 0 Å². The molecule has 2 rings (SSSR count). The molecule has 0 radical (unpaired) electrons. The highest BCUT2D eigenvalue weighted by atomic mass is 19.4. The van der Waals surface area contributed by atoms with Crippen molar-refractivity contribution in [2.75, 3.05) is 0 Å². The van der Waals surface area contributed by atoms with Gasteiger partial charge in [-0.15, -0.1) is 0 Å². The van der Waals surface area contributed by atoms with Crippen molar-refractivity contribution in [1.29, 1.82) is 0 Å². The van der Waals surface area contributed by atoms with E-state index in [0.717, 1.165) is 16.8 Å². The largest absolute Gasteiger partial charge is 0.416 e. The van der Waals surface area contributed by atoms with Gasteiger partial charge in [0.05, 0.1) is 10.5 Å². The molecule has 0 aliphatic rings. The van der Waals surface area contributed by atoms with Crippen molar-refractivity contribution in [2.45, 2.75) is 20.0 Å². The lowest BCUT2D eigenvalue weighted by Crippen LogP contribution is -2.08. The average molecular weight is 287 g/mol. The number of hydrogen-bond donors (Lipinski definition) is 0. The van der Waals surface area contributed by atoms with Crippen molar-refractivity contribution in [1.82, 2.24) is 9.78 Å². The summed E-state index contributed by atoms with van der Waals surface area (Å²) < 4.78 is 38.5. The number of nitro benzene ring substituents is 1. The molecule has 0 spiro atoms. The summed E-state index contributed by atoms with van der Waals surface area (Å²) in [4.78, 5) is 9.92. The molecule has 0 amide bonds. The van der Waals surface area contributed by atoms with E-state index in [1.165, 1.54) is 18.5 Å². The van der Waals surface area contributed by atoms with Crippen LogP contribution in [0.5, 0.6) is 0 Å². The van der Waals surface area contributed by atoms with Gasteiger partial charge in [0.25, 0.3) is 5.69 Å². The van der Waals surface area contributed by atoms with Crippen molar-refractivity contribution in [2.24, 2.45) is 0 Å². The lowest BCUT2D eigenvalue weighted by molar-refractivity contribution is -0.384. The van der Waals surface area contributed by atoms with E-state index < -0.39 is 22.4 Å². The first-order chi connectivity index (χ1) is 9.39. The number of hydrogen-bond acceptors (Lipinski definition) is 3. The molecule has 0 fully saturated rings. The highest BCUT2D eigenvalue weighted by molar-refractivity contribution is 5.54. The van der Waals surface area contributed by atoms with E-state index in [9.17, 15) is 23.3 Å². The van der Waals surface area contributed by atoms with Gasteiger partial charge in [-0.2, -0.15) is 18.3 Å². The lowest BCUT2D eigenvalue weighted by Gasteiger charge is -2.08. The Morgan fingerprint density at radius 2 is 1.95 bits per heavy atom. The topological polar surface area (TPSA) is 61.0 Å². The first kappa shape index (κ1) is 15.7. The summed E-state index contributed by atoms with van der Waals surface area (Å²) in [6, 6.07) is 3.82. The number of aromatic nitrogens is 2. The zero-order chi connectivity index (χ0) is 15.3. The van der Waals surface area contributed by atoms with E-state index in [4.69, 9.17) is 0 Å². The van der Waals surface area contributed by atoms with Crippen LogP contribution in [0.15, 0.2) is 36.7 Å². The molecule has 20 heavy (non-hydrogen) atoms. The summed E-state index contributed by atoms with van der Waals surface area (Å²) >= 11 is 0. The Hall–Kier alpha value is -2.38. The van der Waals surface area contributed by atoms with Crippen LogP contribution >= 0.6 is 0 Å². The molecule has 0 saturated carbocycles. The monoisotopic (exact) mass is 287 g/mol. The molecule has 0 N–H and O–H groups in total. The minimum atomic E-state index is -4.62. The minimum absolute atomic E-state index is 0.0157. The van der Waals surface area contributed by atoms with Gasteiger partial charge >= 0.3 is 6.18 Å². The Morgan fingerprint density at radius 1 is 1.30 bits per heavy atom. The standard InChI is InChI=1S/C10H6F3N3O2.C2H6/c11-10(12,13)7-2-3-8(9(6-7)16(17)18)15-5-1-4-14-15;1-2/h1-6H;1-2H3. The van der Waals surface area contributed by atoms with Crippen LogP contribution in [0.2, 0.25) is 0 Å². The molecule has 0 unspecified atom stereocenters. The molecule has 1 heterocycles. The number of nitrogens with zero attached hydrogens (tertiary/aromatic N) is 3. The zero-order valence-electron chi connectivity index (χ0n) is 10.8. The SMILES string of the molecule is CC.O=[N+]([O-])c1cc(C(F)(F)F)ccc1-n1cccn1. The molecule has 8 heteroatoms. The van der Waals surface area contributed by atoms with E-state index in [2.05, 4.69) is 5.10 Å². The number of rotatable bonds is 2. The van der Waals surface area contributed by atoms with E-state index in [1.807, 2.05) is 13.8 Å². The van der Waals surface area contributed by atoms with E-state index >= 15 is 0 Å². The smallest absolute Gasteiger partial charge is 0.258 e. The maximum Gasteiger partial charge on any atom is 0.416 e.